The van der Waals surface area contributed by atoms with Gasteiger partial charge in [-0.2, -0.15) is 0 Å². The Morgan fingerprint density at radius 1 is 1.12 bits per heavy atom. The quantitative estimate of drug-likeness (QED) is 0.603. The molecule has 0 bridgehead atoms. The van der Waals surface area contributed by atoms with Crippen molar-refractivity contribution in [3.8, 4) is 0 Å². The van der Waals surface area contributed by atoms with Crippen molar-refractivity contribution >= 4 is 23.7 Å². The van der Waals surface area contributed by atoms with Gasteiger partial charge < -0.3 is 0 Å². The van der Waals surface area contributed by atoms with Crippen LogP contribution in [-0.2, 0) is 0 Å². The van der Waals surface area contributed by atoms with Crippen LogP contribution in [0.2, 0.25) is 0 Å². The first kappa shape index (κ1) is 11.9. The fourth-order valence-corrected chi connectivity index (χ4v) is 2.05. The van der Waals surface area contributed by atoms with Gasteiger partial charge in [-0.3, -0.25) is 9.98 Å². The maximum Gasteiger partial charge on any atom is 0.0815 e. The van der Waals surface area contributed by atoms with Crippen molar-refractivity contribution in [1.82, 2.24) is 4.98 Å². The topological polar surface area (TPSA) is 25.2 Å². The molecule has 0 aliphatic rings. The van der Waals surface area contributed by atoms with E-state index in [2.05, 4.69) is 22.3 Å². The second-order valence-electron chi connectivity index (χ2n) is 3.63. The lowest BCUT2D eigenvalue weighted by molar-refractivity contribution is 1.18. The van der Waals surface area contributed by atoms with Crippen LogP contribution in [0.1, 0.15) is 11.4 Å². The zero-order valence-electron chi connectivity index (χ0n) is 9.92. The number of nitrogens with zero attached hydrogens (tertiary/aromatic N) is 2. The summed E-state index contributed by atoms with van der Waals surface area (Å²) in [6.07, 6.45) is 3.86. The molecule has 86 valence electrons. The summed E-state index contributed by atoms with van der Waals surface area (Å²) >= 11 is 1.70. The zero-order chi connectivity index (χ0) is 12.1. The van der Waals surface area contributed by atoms with Crippen molar-refractivity contribution in [3.63, 3.8) is 0 Å². The summed E-state index contributed by atoms with van der Waals surface area (Å²) in [5.41, 5.74) is 2.89. The lowest BCUT2D eigenvalue weighted by Crippen LogP contribution is -1.88. The van der Waals surface area contributed by atoms with Crippen LogP contribution in [0.15, 0.2) is 52.4 Å². The molecule has 0 saturated carbocycles. The Balaban J connectivity index is 2.26. The Labute approximate surface area is 106 Å². The summed E-state index contributed by atoms with van der Waals surface area (Å²) in [5.74, 6) is 0. The molecular formula is C14H14N2S. The third kappa shape index (κ3) is 3.17. The Morgan fingerprint density at radius 2 is 1.94 bits per heavy atom. The highest BCUT2D eigenvalue weighted by molar-refractivity contribution is 7.98. The van der Waals surface area contributed by atoms with E-state index in [1.54, 1.807) is 11.8 Å². The average Bonchev–Trinajstić information content (AvgIpc) is 2.37. The minimum Gasteiger partial charge on any atom is -0.253 e. The second-order valence-corrected chi connectivity index (χ2v) is 4.48. The molecule has 0 unspecified atom stereocenters. The van der Waals surface area contributed by atoms with Gasteiger partial charge in [0.05, 0.1) is 17.6 Å². The maximum atomic E-state index is 4.48. The van der Waals surface area contributed by atoms with E-state index in [1.165, 1.54) is 4.90 Å². The van der Waals surface area contributed by atoms with Crippen LogP contribution in [0.3, 0.4) is 0 Å². The fourth-order valence-electron chi connectivity index (χ4n) is 1.51. The van der Waals surface area contributed by atoms with E-state index in [1.807, 2.05) is 49.5 Å². The van der Waals surface area contributed by atoms with Crippen LogP contribution < -0.4 is 0 Å². The molecule has 0 aliphatic heterocycles. The van der Waals surface area contributed by atoms with Crippen molar-refractivity contribution in [2.45, 2.75) is 11.8 Å². The monoisotopic (exact) mass is 242 g/mol. The van der Waals surface area contributed by atoms with Crippen LogP contribution in [0.5, 0.6) is 0 Å². The maximum absolute atomic E-state index is 4.48. The number of aliphatic imine (C=N–C) groups is 1. The normalized spacial score (nSPS) is 10.9. The van der Waals surface area contributed by atoms with Crippen molar-refractivity contribution < 1.29 is 0 Å². The summed E-state index contributed by atoms with van der Waals surface area (Å²) in [6.45, 7) is 1.98. The number of pyridine rings is 1. The summed E-state index contributed by atoms with van der Waals surface area (Å²) in [6, 6.07) is 14.0. The highest BCUT2D eigenvalue weighted by atomic mass is 32.2. The molecule has 1 aromatic heterocycles. The molecule has 17 heavy (non-hydrogen) atoms. The highest BCUT2D eigenvalue weighted by Gasteiger charge is 1.97. The van der Waals surface area contributed by atoms with E-state index in [-0.39, 0.29) is 0 Å². The second kappa shape index (κ2) is 5.64. The third-order valence-electron chi connectivity index (χ3n) is 2.33. The van der Waals surface area contributed by atoms with Gasteiger partial charge in [0.2, 0.25) is 0 Å². The molecule has 0 fully saturated rings. The molecule has 0 saturated heterocycles. The number of thioether (sulfide) groups is 1. The van der Waals surface area contributed by atoms with Crippen LogP contribution in [0.4, 0.5) is 5.69 Å². The average molecular weight is 242 g/mol. The summed E-state index contributed by atoms with van der Waals surface area (Å²) in [7, 11) is 0. The van der Waals surface area contributed by atoms with Gasteiger partial charge >= 0.3 is 0 Å². The molecule has 0 aliphatic carbocycles. The smallest absolute Gasteiger partial charge is 0.0815 e. The largest absolute Gasteiger partial charge is 0.253 e. The summed E-state index contributed by atoms with van der Waals surface area (Å²) in [4.78, 5) is 10.0. The van der Waals surface area contributed by atoms with Gasteiger partial charge in [0.15, 0.2) is 0 Å². The first-order valence-electron chi connectivity index (χ1n) is 5.40. The number of benzene rings is 1. The molecule has 0 spiro atoms. The molecule has 1 heterocycles. The first-order chi connectivity index (χ1) is 8.29. The fraction of sp³-hybridized carbons (Fsp3) is 0.143. The molecule has 2 nitrogen and oxygen atoms in total. The first-order valence-corrected chi connectivity index (χ1v) is 6.63. The van der Waals surface area contributed by atoms with Gasteiger partial charge in [-0.05, 0) is 37.4 Å². The van der Waals surface area contributed by atoms with Crippen LogP contribution in [0.25, 0.3) is 0 Å². The number of hydrogen-bond donors (Lipinski definition) is 0. The van der Waals surface area contributed by atoms with Gasteiger partial charge in [-0.15, -0.1) is 11.8 Å². The highest BCUT2D eigenvalue weighted by Crippen LogP contribution is 2.26. The number of aromatic nitrogens is 1. The molecule has 3 heteroatoms. The van der Waals surface area contributed by atoms with Crippen molar-refractivity contribution in [1.29, 1.82) is 0 Å². The molecule has 0 radical (unpaired) electrons. The number of hydrogen-bond acceptors (Lipinski definition) is 3. The van der Waals surface area contributed by atoms with Gasteiger partial charge in [0.1, 0.15) is 0 Å². The van der Waals surface area contributed by atoms with Crippen LogP contribution >= 0.6 is 11.8 Å². The van der Waals surface area contributed by atoms with Crippen LogP contribution in [-0.4, -0.2) is 17.5 Å². The minimum atomic E-state index is 0.890. The SMILES string of the molecule is CSc1ccccc1N=Cc1cccc(C)n1. The number of para-hydroxylation sites is 1. The van der Waals surface area contributed by atoms with Gasteiger partial charge in [-0.25, -0.2) is 0 Å². The van der Waals surface area contributed by atoms with Crippen molar-refractivity contribution in [2.24, 2.45) is 4.99 Å². The van der Waals surface area contributed by atoms with Crippen LogP contribution in [0, 0.1) is 6.92 Å². The zero-order valence-corrected chi connectivity index (χ0v) is 10.7. The van der Waals surface area contributed by atoms with Gasteiger partial charge in [-0.1, -0.05) is 18.2 Å². The summed E-state index contributed by atoms with van der Waals surface area (Å²) in [5, 5.41) is 0. The molecule has 2 rings (SSSR count). The number of aryl methyl sites for hydroxylation is 1. The van der Waals surface area contributed by atoms with Gasteiger partial charge in [0.25, 0.3) is 0 Å². The molecule has 1 aromatic carbocycles. The predicted molar refractivity (Wildman–Crippen MR) is 74.5 cm³/mol. The lowest BCUT2D eigenvalue weighted by atomic mass is 10.3. The minimum absolute atomic E-state index is 0.890. The Morgan fingerprint density at radius 3 is 2.71 bits per heavy atom. The third-order valence-corrected chi connectivity index (χ3v) is 3.12. The lowest BCUT2D eigenvalue weighted by Gasteiger charge is -2.00. The Kier molecular flexibility index (Phi) is 3.94. The molecule has 2 aromatic rings. The molecule has 0 atom stereocenters. The van der Waals surface area contributed by atoms with Gasteiger partial charge in [0, 0.05) is 10.6 Å². The molecule has 0 amide bonds. The molecule has 0 N–H and O–H groups in total. The van der Waals surface area contributed by atoms with E-state index >= 15 is 0 Å². The van der Waals surface area contributed by atoms with E-state index in [0.717, 1.165) is 17.1 Å². The van der Waals surface area contributed by atoms with Crippen molar-refractivity contribution in [3.05, 3.63) is 53.9 Å². The summed E-state index contributed by atoms with van der Waals surface area (Å²) < 4.78 is 0. The Bertz CT molecular complexity index is 535. The van der Waals surface area contributed by atoms with E-state index < -0.39 is 0 Å². The number of rotatable bonds is 3. The van der Waals surface area contributed by atoms with E-state index in [0.29, 0.717) is 0 Å². The predicted octanol–water partition coefficient (Wildman–Crippen LogP) is 3.86. The molecular weight excluding hydrogens is 228 g/mol. The Hall–Kier alpha value is -1.61. The standard InChI is InChI=1S/C14H14N2S/c1-11-6-5-7-12(16-11)10-15-13-8-3-4-9-14(13)17-2/h3-10H,1-2H3. The van der Waals surface area contributed by atoms with Crippen molar-refractivity contribution in [2.75, 3.05) is 6.26 Å². The van der Waals surface area contributed by atoms with E-state index in [4.69, 9.17) is 0 Å². The van der Waals surface area contributed by atoms with E-state index in [9.17, 15) is 0 Å².